The zero-order chi connectivity index (χ0) is 22.2. The highest BCUT2D eigenvalue weighted by Crippen LogP contribution is 2.47. The summed E-state index contributed by atoms with van der Waals surface area (Å²) in [7, 11) is 0. The van der Waals surface area contributed by atoms with E-state index in [1.54, 1.807) is 0 Å². The van der Waals surface area contributed by atoms with E-state index in [9.17, 15) is 4.79 Å². The lowest BCUT2D eigenvalue weighted by molar-refractivity contribution is -0.325. The van der Waals surface area contributed by atoms with Gasteiger partial charge in [0.1, 0.15) is 12.2 Å². The van der Waals surface area contributed by atoms with Crippen LogP contribution in [0.5, 0.6) is 0 Å². The molecule has 2 saturated heterocycles. The van der Waals surface area contributed by atoms with E-state index < -0.39 is 11.7 Å². The minimum Gasteiger partial charge on any atom is -0.465 e. The van der Waals surface area contributed by atoms with Crippen LogP contribution in [-0.2, 0) is 28.5 Å². The van der Waals surface area contributed by atoms with Gasteiger partial charge in [-0.3, -0.25) is 4.79 Å². The number of esters is 1. The SMILES string of the molecule is C[C@H]1[C@H](OCC2(COC(=O)C(C)(C)C)CC2)[C@@H]2O[C@H](c3ccccc3)OC[C@H]2O[C@@H]1C. The van der Waals surface area contributed by atoms with E-state index in [1.807, 2.05) is 51.1 Å². The summed E-state index contributed by atoms with van der Waals surface area (Å²) in [5.74, 6) is 0.0223. The first kappa shape index (κ1) is 22.7. The third-order valence-electron chi connectivity index (χ3n) is 6.76. The molecule has 1 aromatic rings. The first-order chi connectivity index (χ1) is 14.7. The lowest BCUT2D eigenvalue weighted by atomic mass is 9.88. The summed E-state index contributed by atoms with van der Waals surface area (Å²) >= 11 is 0. The molecule has 0 aromatic heterocycles. The molecule has 2 aliphatic heterocycles. The van der Waals surface area contributed by atoms with Gasteiger partial charge in [-0.1, -0.05) is 37.3 Å². The second-order valence-electron chi connectivity index (χ2n) is 10.5. The average molecular weight is 433 g/mol. The third-order valence-corrected chi connectivity index (χ3v) is 6.76. The van der Waals surface area contributed by atoms with Crippen molar-refractivity contribution in [3.63, 3.8) is 0 Å². The van der Waals surface area contributed by atoms with E-state index >= 15 is 0 Å². The van der Waals surface area contributed by atoms with Crippen LogP contribution in [0.4, 0.5) is 0 Å². The van der Waals surface area contributed by atoms with E-state index in [1.165, 1.54) is 0 Å². The van der Waals surface area contributed by atoms with Crippen molar-refractivity contribution in [2.24, 2.45) is 16.7 Å². The van der Waals surface area contributed by atoms with Gasteiger partial charge in [0, 0.05) is 16.9 Å². The number of carbonyl (C=O) groups excluding carboxylic acids is 1. The molecule has 6 heteroatoms. The fourth-order valence-electron chi connectivity index (χ4n) is 4.17. The number of benzene rings is 1. The van der Waals surface area contributed by atoms with Gasteiger partial charge in [0.05, 0.1) is 37.4 Å². The lowest BCUT2D eigenvalue weighted by Crippen LogP contribution is -2.59. The Morgan fingerprint density at radius 1 is 1.10 bits per heavy atom. The summed E-state index contributed by atoms with van der Waals surface area (Å²) in [6.45, 7) is 11.3. The molecule has 0 bridgehead atoms. The van der Waals surface area contributed by atoms with Crippen LogP contribution in [0.25, 0.3) is 0 Å². The summed E-state index contributed by atoms with van der Waals surface area (Å²) < 4.78 is 30.6. The summed E-state index contributed by atoms with van der Waals surface area (Å²) in [5.41, 5.74) is 0.442. The van der Waals surface area contributed by atoms with Crippen molar-refractivity contribution in [3.8, 4) is 0 Å². The Morgan fingerprint density at radius 2 is 1.81 bits per heavy atom. The largest absolute Gasteiger partial charge is 0.465 e. The maximum Gasteiger partial charge on any atom is 0.311 e. The zero-order valence-electron chi connectivity index (χ0n) is 19.3. The Bertz CT molecular complexity index is 753. The van der Waals surface area contributed by atoms with Gasteiger partial charge >= 0.3 is 5.97 Å². The van der Waals surface area contributed by atoms with Crippen LogP contribution in [0.3, 0.4) is 0 Å². The molecule has 0 unspecified atom stereocenters. The topological polar surface area (TPSA) is 63.2 Å². The summed E-state index contributed by atoms with van der Waals surface area (Å²) in [6.07, 6.45) is 1.23. The molecule has 1 aromatic carbocycles. The predicted octanol–water partition coefficient (Wildman–Crippen LogP) is 4.28. The molecule has 0 amide bonds. The van der Waals surface area contributed by atoms with Gasteiger partial charge in [0.15, 0.2) is 6.29 Å². The van der Waals surface area contributed by atoms with Crippen molar-refractivity contribution >= 4 is 5.97 Å². The Balaban J connectivity index is 1.40. The summed E-state index contributed by atoms with van der Waals surface area (Å²) in [4.78, 5) is 12.2. The number of fused-ring (bicyclic) bond motifs is 1. The molecule has 31 heavy (non-hydrogen) atoms. The molecule has 0 N–H and O–H groups in total. The minimum atomic E-state index is -0.489. The van der Waals surface area contributed by atoms with E-state index in [0.717, 1.165) is 18.4 Å². The number of hydrogen-bond acceptors (Lipinski definition) is 6. The molecular formula is C25H36O6. The predicted molar refractivity (Wildman–Crippen MR) is 115 cm³/mol. The highest BCUT2D eigenvalue weighted by atomic mass is 16.7. The monoisotopic (exact) mass is 432 g/mol. The van der Waals surface area contributed by atoms with Crippen LogP contribution >= 0.6 is 0 Å². The Morgan fingerprint density at radius 3 is 2.45 bits per heavy atom. The molecule has 3 fully saturated rings. The fraction of sp³-hybridized carbons (Fsp3) is 0.720. The molecule has 4 rings (SSSR count). The van der Waals surface area contributed by atoms with Crippen LogP contribution in [0, 0.1) is 16.7 Å². The van der Waals surface area contributed by atoms with Gasteiger partial charge in [-0.15, -0.1) is 0 Å². The quantitative estimate of drug-likeness (QED) is 0.626. The molecule has 1 saturated carbocycles. The average Bonchev–Trinajstić information content (AvgIpc) is 3.52. The van der Waals surface area contributed by atoms with Crippen molar-refractivity contribution < 1.29 is 28.5 Å². The van der Waals surface area contributed by atoms with Gasteiger partial charge < -0.3 is 23.7 Å². The van der Waals surface area contributed by atoms with E-state index in [-0.39, 0.29) is 41.7 Å². The second kappa shape index (κ2) is 8.81. The molecule has 1 aliphatic carbocycles. The molecule has 172 valence electrons. The van der Waals surface area contributed by atoms with Crippen molar-refractivity contribution in [1.82, 2.24) is 0 Å². The van der Waals surface area contributed by atoms with E-state index in [4.69, 9.17) is 23.7 Å². The van der Waals surface area contributed by atoms with Gasteiger partial charge in [0.2, 0.25) is 0 Å². The van der Waals surface area contributed by atoms with Crippen molar-refractivity contribution in [3.05, 3.63) is 35.9 Å². The van der Waals surface area contributed by atoms with Crippen LogP contribution in [-0.4, -0.2) is 50.2 Å². The zero-order valence-corrected chi connectivity index (χ0v) is 19.3. The van der Waals surface area contributed by atoms with Crippen molar-refractivity contribution in [1.29, 1.82) is 0 Å². The molecule has 6 nitrogen and oxygen atoms in total. The molecule has 6 atom stereocenters. The smallest absolute Gasteiger partial charge is 0.311 e. The van der Waals surface area contributed by atoms with Crippen LogP contribution in [0.1, 0.15) is 59.3 Å². The normalized spacial score (nSPS) is 34.6. The highest BCUT2D eigenvalue weighted by Gasteiger charge is 2.50. The number of rotatable bonds is 6. The number of carbonyl (C=O) groups is 1. The first-order valence-electron chi connectivity index (χ1n) is 11.4. The Kier molecular flexibility index (Phi) is 6.46. The lowest BCUT2D eigenvalue weighted by Gasteiger charge is -2.48. The van der Waals surface area contributed by atoms with Gasteiger partial charge in [-0.25, -0.2) is 0 Å². The Labute approximate surface area is 185 Å². The fourth-order valence-corrected chi connectivity index (χ4v) is 4.17. The highest BCUT2D eigenvalue weighted by molar-refractivity contribution is 5.75. The van der Waals surface area contributed by atoms with Crippen molar-refractivity contribution in [2.75, 3.05) is 19.8 Å². The third kappa shape index (κ3) is 5.14. The van der Waals surface area contributed by atoms with E-state index in [0.29, 0.717) is 19.8 Å². The molecule has 2 heterocycles. The van der Waals surface area contributed by atoms with Crippen LogP contribution < -0.4 is 0 Å². The van der Waals surface area contributed by atoms with E-state index in [2.05, 4.69) is 13.8 Å². The van der Waals surface area contributed by atoms with Gasteiger partial charge in [-0.05, 0) is 40.5 Å². The van der Waals surface area contributed by atoms with Crippen LogP contribution in [0.2, 0.25) is 0 Å². The van der Waals surface area contributed by atoms with Crippen molar-refractivity contribution in [2.45, 2.75) is 78.2 Å². The molecule has 3 aliphatic rings. The maximum atomic E-state index is 12.2. The van der Waals surface area contributed by atoms with Gasteiger partial charge in [0.25, 0.3) is 0 Å². The molecular weight excluding hydrogens is 396 g/mol. The van der Waals surface area contributed by atoms with Gasteiger partial charge in [-0.2, -0.15) is 0 Å². The second-order valence-corrected chi connectivity index (χ2v) is 10.5. The number of ether oxygens (including phenoxy) is 5. The molecule has 0 radical (unpaired) electrons. The summed E-state index contributed by atoms with van der Waals surface area (Å²) in [6, 6.07) is 9.98. The molecule has 0 spiro atoms. The minimum absolute atomic E-state index is 0.0561. The maximum absolute atomic E-state index is 12.2. The Hall–Kier alpha value is -1.47. The summed E-state index contributed by atoms with van der Waals surface area (Å²) in [5, 5.41) is 0. The van der Waals surface area contributed by atoms with Crippen LogP contribution in [0.15, 0.2) is 30.3 Å². The number of hydrogen-bond donors (Lipinski definition) is 0. The first-order valence-corrected chi connectivity index (χ1v) is 11.4. The standard InChI is InChI=1S/C25H36O6/c1-16-17(2)30-19-13-27-22(18-9-7-6-8-10-18)31-21(19)20(16)28-14-25(11-12-25)15-29-23(26)24(3,4)5/h6-10,16-17,19-22H,11-15H2,1-5H3/t16-,17-,19-,20+,21-,22-/m1/s1.